The molecule has 4 aromatic carbocycles. The van der Waals surface area contributed by atoms with E-state index in [0.29, 0.717) is 0 Å². The summed E-state index contributed by atoms with van der Waals surface area (Å²) in [6.07, 6.45) is 0. The number of aromatic amines is 2. The number of rotatable bonds is 1. The number of nitrogens with one attached hydrogen (secondary N) is 2. The van der Waals surface area contributed by atoms with Crippen molar-refractivity contribution in [1.82, 2.24) is 9.97 Å². The van der Waals surface area contributed by atoms with Crippen LogP contribution in [-0.2, 0) is 27.1 Å². The van der Waals surface area contributed by atoms with Crippen molar-refractivity contribution in [2.45, 2.75) is 140 Å². The van der Waals surface area contributed by atoms with Gasteiger partial charge in [-0.15, -0.1) is 0 Å². The summed E-state index contributed by atoms with van der Waals surface area (Å²) in [5.41, 5.74) is 14.4. The van der Waals surface area contributed by atoms with Gasteiger partial charge in [0.25, 0.3) is 0 Å². The van der Waals surface area contributed by atoms with Crippen LogP contribution >= 0.6 is 69.6 Å². The van der Waals surface area contributed by atoms with Crippen molar-refractivity contribution >= 4 is 113 Å². The standard InChI is InChI=1S/C44H56N2.2CHCl3/c1-40(2,3)26-18-16-25(17-19-26)35-38-31(29-20-27(41(4,5)6)22-33(36(29)45-38)43(10,11)12)24-32-30-21-28(42(7,8)9)23-34(44(13,14)15)37(30)46-39(32)35;2*2-1(3)4/h16-24,45-46H,1-15H3;2*1H. The minimum atomic E-state index is -0.750. The van der Waals surface area contributed by atoms with Gasteiger partial charge in [0.1, 0.15) is 0 Å². The van der Waals surface area contributed by atoms with Gasteiger partial charge in [0, 0.05) is 27.1 Å². The molecule has 54 heavy (non-hydrogen) atoms. The first-order valence-electron chi connectivity index (χ1n) is 18.5. The van der Waals surface area contributed by atoms with E-state index in [0.717, 1.165) is 0 Å². The Morgan fingerprint density at radius 3 is 0.944 bits per heavy atom. The molecule has 2 heterocycles. The molecule has 2 aromatic heterocycles. The molecule has 0 spiro atoms. The molecule has 294 valence electrons. The van der Waals surface area contributed by atoms with Gasteiger partial charge in [-0.3, -0.25) is 0 Å². The maximum Gasteiger partial charge on any atom is 0.180 e. The number of halogens is 6. The number of hydrogen-bond acceptors (Lipinski definition) is 0. The molecule has 0 bridgehead atoms. The van der Waals surface area contributed by atoms with Crippen LogP contribution in [0.5, 0.6) is 0 Å². The Morgan fingerprint density at radius 2 is 0.667 bits per heavy atom. The van der Waals surface area contributed by atoms with Gasteiger partial charge in [0.15, 0.2) is 8.59 Å². The fraction of sp³-hybridized carbons (Fsp3) is 0.478. The van der Waals surface area contributed by atoms with Gasteiger partial charge in [-0.05, 0) is 78.7 Å². The molecular weight excluding hydrogens is 793 g/mol. The van der Waals surface area contributed by atoms with E-state index in [1.54, 1.807) is 0 Å². The highest BCUT2D eigenvalue weighted by Gasteiger charge is 2.28. The van der Waals surface area contributed by atoms with Crippen molar-refractivity contribution in [3.63, 3.8) is 0 Å². The summed E-state index contributed by atoms with van der Waals surface area (Å²) in [4.78, 5) is 8.08. The van der Waals surface area contributed by atoms with E-state index in [1.807, 2.05) is 0 Å². The van der Waals surface area contributed by atoms with E-state index in [4.69, 9.17) is 69.6 Å². The fourth-order valence-electron chi connectivity index (χ4n) is 7.07. The molecule has 0 saturated heterocycles. The van der Waals surface area contributed by atoms with E-state index in [1.165, 1.54) is 82.6 Å². The summed E-state index contributed by atoms with van der Waals surface area (Å²) in [5, 5.41) is 5.24. The summed E-state index contributed by atoms with van der Waals surface area (Å²) < 4.78 is -1.50. The van der Waals surface area contributed by atoms with E-state index in [-0.39, 0.29) is 27.1 Å². The zero-order chi connectivity index (χ0) is 41.1. The summed E-state index contributed by atoms with van der Waals surface area (Å²) in [6, 6.07) is 21.6. The lowest BCUT2D eigenvalue weighted by atomic mass is 9.79. The predicted molar refractivity (Wildman–Crippen MR) is 247 cm³/mol. The first-order valence-corrected chi connectivity index (χ1v) is 21.1. The van der Waals surface area contributed by atoms with E-state index < -0.39 is 8.59 Å². The zero-order valence-corrected chi connectivity index (χ0v) is 39.2. The summed E-state index contributed by atoms with van der Waals surface area (Å²) in [7, 11) is 0. The lowest BCUT2D eigenvalue weighted by molar-refractivity contribution is 0.572. The number of hydrogen-bond donors (Lipinski definition) is 2. The minimum Gasteiger partial charge on any atom is -0.354 e. The molecule has 0 atom stereocenters. The van der Waals surface area contributed by atoms with Gasteiger partial charge in [-0.2, -0.15) is 0 Å². The highest BCUT2D eigenvalue weighted by Crippen LogP contribution is 2.47. The van der Waals surface area contributed by atoms with Crippen LogP contribution in [0.4, 0.5) is 0 Å². The number of fused-ring (bicyclic) bond motifs is 6. The van der Waals surface area contributed by atoms with Gasteiger partial charge < -0.3 is 9.97 Å². The minimum absolute atomic E-state index is 0.00823. The molecule has 6 aromatic rings. The Morgan fingerprint density at radius 1 is 0.370 bits per heavy atom. The number of alkyl halides is 6. The van der Waals surface area contributed by atoms with Crippen LogP contribution in [0.2, 0.25) is 0 Å². The van der Waals surface area contributed by atoms with Gasteiger partial charge in [-0.1, -0.05) is 210 Å². The zero-order valence-electron chi connectivity index (χ0n) is 34.6. The van der Waals surface area contributed by atoms with Gasteiger partial charge in [-0.25, -0.2) is 0 Å². The fourth-order valence-corrected chi connectivity index (χ4v) is 7.07. The number of H-pyrrole nitrogens is 2. The highest BCUT2D eigenvalue weighted by molar-refractivity contribution is 6.63. The third-order valence-electron chi connectivity index (χ3n) is 10.1. The van der Waals surface area contributed by atoms with E-state index in [2.05, 4.69) is 168 Å². The molecule has 0 aliphatic carbocycles. The molecular formula is C46H58Cl6N2. The molecule has 0 amide bonds. The molecule has 0 saturated carbocycles. The Balaban J connectivity index is 0.000000740. The van der Waals surface area contributed by atoms with Crippen molar-refractivity contribution < 1.29 is 0 Å². The lowest BCUT2D eigenvalue weighted by Gasteiger charge is -2.26. The second-order valence-corrected chi connectivity index (χ2v) is 23.5. The van der Waals surface area contributed by atoms with Crippen LogP contribution in [0.1, 0.15) is 132 Å². The average molecular weight is 852 g/mol. The third kappa shape index (κ3) is 10.0. The first-order chi connectivity index (χ1) is 24.4. The van der Waals surface area contributed by atoms with Crippen LogP contribution in [-0.4, -0.2) is 18.6 Å². The second kappa shape index (κ2) is 15.9. The van der Waals surface area contributed by atoms with Crippen molar-refractivity contribution in [1.29, 1.82) is 0 Å². The molecule has 0 aliphatic heterocycles. The normalized spacial score (nSPS) is 13.2. The SMILES string of the molecule is CC(C)(C)c1ccc(-c2c3[nH]c4c(C(C)(C)C)cc(C(C)(C)C)cc4c3cc3c2[nH]c2c(C(C)(C)C)cc(C(C)(C)C)cc23)cc1.ClC(Cl)Cl.ClC(Cl)Cl. The molecule has 0 fully saturated rings. The smallest absolute Gasteiger partial charge is 0.180 e. The number of aromatic nitrogens is 2. The molecule has 8 heteroatoms. The van der Waals surface area contributed by atoms with Crippen molar-refractivity contribution in [3.8, 4) is 11.1 Å². The second-order valence-electron chi connectivity index (χ2n) is 19.6. The molecule has 2 nitrogen and oxygen atoms in total. The van der Waals surface area contributed by atoms with Crippen LogP contribution in [0, 0.1) is 0 Å². The Hall–Kier alpha value is -1.78. The molecule has 0 unspecified atom stereocenters. The van der Waals surface area contributed by atoms with Crippen LogP contribution in [0.25, 0.3) is 54.7 Å². The Bertz CT molecular complexity index is 2120. The van der Waals surface area contributed by atoms with Crippen molar-refractivity contribution in [2.75, 3.05) is 0 Å². The molecule has 0 aliphatic rings. The molecule has 6 rings (SSSR count). The van der Waals surface area contributed by atoms with Crippen LogP contribution in [0.15, 0.2) is 54.6 Å². The quantitative estimate of drug-likeness (QED) is 0.155. The van der Waals surface area contributed by atoms with Crippen molar-refractivity contribution in [2.24, 2.45) is 0 Å². The van der Waals surface area contributed by atoms with Gasteiger partial charge in [0.2, 0.25) is 0 Å². The van der Waals surface area contributed by atoms with Crippen molar-refractivity contribution in [3.05, 3.63) is 82.4 Å². The summed E-state index contributed by atoms with van der Waals surface area (Å²) in [6.45, 7) is 34.9. The van der Waals surface area contributed by atoms with E-state index >= 15 is 0 Å². The van der Waals surface area contributed by atoms with Crippen LogP contribution in [0.3, 0.4) is 0 Å². The van der Waals surface area contributed by atoms with Gasteiger partial charge in [0.05, 0.1) is 22.1 Å². The number of benzene rings is 4. The largest absolute Gasteiger partial charge is 0.354 e. The topological polar surface area (TPSA) is 31.6 Å². The maximum atomic E-state index is 4.81. The first kappa shape index (κ1) is 44.9. The average Bonchev–Trinajstić information content (AvgIpc) is 3.54. The summed E-state index contributed by atoms with van der Waals surface area (Å²) in [5.74, 6) is 0. The van der Waals surface area contributed by atoms with Gasteiger partial charge >= 0.3 is 0 Å². The third-order valence-corrected chi connectivity index (χ3v) is 10.1. The maximum absolute atomic E-state index is 4.81. The Kier molecular flexibility index (Phi) is 13.2. The monoisotopic (exact) mass is 848 g/mol. The molecule has 0 radical (unpaired) electrons. The lowest BCUT2D eigenvalue weighted by Crippen LogP contribution is -2.16. The Labute approximate surface area is 353 Å². The van der Waals surface area contributed by atoms with Crippen LogP contribution < -0.4 is 0 Å². The summed E-state index contributed by atoms with van der Waals surface area (Å²) >= 11 is 28.8. The highest BCUT2D eigenvalue weighted by atomic mass is 35.6. The predicted octanol–water partition coefficient (Wildman–Crippen LogP) is 17.1. The van der Waals surface area contributed by atoms with E-state index in [9.17, 15) is 0 Å². The molecule has 2 N–H and O–H groups in total.